The van der Waals surface area contributed by atoms with Crippen molar-refractivity contribution in [1.82, 2.24) is 14.9 Å². The lowest BCUT2D eigenvalue weighted by Crippen LogP contribution is -2.48. The van der Waals surface area contributed by atoms with Crippen molar-refractivity contribution in [2.24, 2.45) is 0 Å². The zero-order chi connectivity index (χ0) is 19.7. The molecule has 4 rings (SSSR count). The minimum absolute atomic E-state index is 0.0979. The Bertz CT molecular complexity index is 1140. The predicted molar refractivity (Wildman–Crippen MR) is 106 cm³/mol. The molecule has 0 aliphatic carbocycles. The average molecular weight is 380 g/mol. The molecule has 0 unspecified atom stereocenters. The van der Waals surface area contributed by atoms with Crippen molar-refractivity contribution >= 4 is 22.6 Å². The van der Waals surface area contributed by atoms with Crippen LogP contribution in [0.4, 0.5) is 5.69 Å². The van der Waals surface area contributed by atoms with Crippen molar-refractivity contribution in [3.05, 3.63) is 68.7 Å². The van der Waals surface area contributed by atoms with E-state index in [4.69, 9.17) is 4.74 Å². The number of nitrogens with zero attached hydrogens (tertiary/aromatic N) is 2. The maximum atomic E-state index is 12.9. The molecule has 0 radical (unpaired) electrons. The van der Waals surface area contributed by atoms with E-state index in [0.717, 1.165) is 24.5 Å². The summed E-state index contributed by atoms with van der Waals surface area (Å²) in [4.78, 5) is 44.8. The fraction of sp³-hybridized carbons (Fsp3) is 0.250. The molecule has 0 bridgehead atoms. The third-order valence-corrected chi connectivity index (χ3v) is 4.95. The number of carbonyl (C=O) groups is 1. The minimum atomic E-state index is -0.732. The second-order valence-corrected chi connectivity index (χ2v) is 6.65. The normalized spacial score (nSPS) is 14.3. The molecule has 1 amide bonds. The summed E-state index contributed by atoms with van der Waals surface area (Å²) in [6.07, 6.45) is 0. The van der Waals surface area contributed by atoms with Gasteiger partial charge in [0.15, 0.2) is 0 Å². The Labute approximate surface area is 160 Å². The van der Waals surface area contributed by atoms with Crippen LogP contribution in [-0.4, -0.2) is 54.1 Å². The number of H-pyrrole nitrogens is 2. The van der Waals surface area contributed by atoms with Crippen molar-refractivity contribution in [1.29, 1.82) is 0 Å². The quantitative estimate of drug-likeness (QED) is 0.665. The summed E-state index contributed by atoms with van der Waals surface area (Å²) in [5.74, 6) is 0.707. The maximum Gasteiger partial charge on any atom is 0.314 e. The highest BCUT2D eigenvalue weighted by Gasteiger charge is 2.23. The second-order valence-electron chi connectivity index (χ2n) is 6.65. The maximum absolute atomic E-state index is 12.9. The topological polar surface area (TPSA) is 98.5 Å². The van der Waals surface area contributed by atoms with E-state index >= 15 is 0 Å². The van der Waals surface area contributed by atoms with Crippen LogP contribution in [0.1, 0.15) is 10.4 Å². The van der Waals surface area contributed by atoms with Gasteiger partial charge in [-0.3, -0.25) is 14.4 Å². The summed E-state index contributed by atoms with van der Waals surface area (Å²) >= 11 is 0. The Morgan fingerprint density at radius 2 is 1.64 bits per heavy atom. The molecule has 2 N–H and O–H groups in total. The van der Waals surface area contributed by atoms with Gasteiger partial charge in [0.1, 0.15) is 5.75 Å². The van der Waals surface area contributed by atoms with Gasteiger partial charge in [0.05, 0.1) is 18.1 Å². The summed E-state index contributed by atoms with van der Waals surface area (Å²) < 4.78 is 5.28. The van der Waals surface area contributed by atoms with Crippen LogP contribution in [0, 0.1) is 0 Å². The van der Waals surface area contributed by atoms with Crippen LogP contribution in [-0.2, 0) is 0 Å². The molecule has 28 heavy (non-hydrogen) atoms. The highest BCUT2D eigenvalue weighted by molar-refractivity contribution is 5.97. The number of fused-ring (bicyclic) bond motifs is 1. The number of anilines is 1. The molecule has 8 nitrogen and oxygen atoms in total. The summed E-state index contributed by atoms with van der Waals surface area (Å²) in [6.45, 7) is 2.62. The van der Waals surface area contributed by atoms with E-state index in [1.165, 1.54) is 0 Å². The first-order chi connectivity index (χ1) is 13.5. The SMILES string of the molecule is COc1cccc(N2CCN(C(=O)c3ccc4[nH]c(=O)c(=O)[nH]c4c3)CC2)c1. The van der Waals surface area contributed by atoms with Crippen molar-refractivity contribution in [3.63, 3.8) is 0 Å². The Morgan fingerprint density at radius 1 is 0.929 bits per heavy atom. The predicted octanol–water partition coefficient (Wildman–Crippen LogP) is 1.19. The second kappa shape index (κ2) is 7.22. The number of nitrogens with one attached hydrogen (secondary N) is 2. The smallest absolute Gasteiger partial charge is 0.314 e. The van der Waals surface area contributed by atoms with Gasteiger partial charge < -0.3 is 24.5 Å². The number of carbonyl (C=O) groups excluding carboxylic acids is 1. The number of piperazine rings is 1. The van der Waals surface area contributed by atoms with Crippen molar-refractivity contribution in [3.8, 4) is 5.75 Å². The van der Waals surface area contributed by atoms with Crippen molar-refractivity contribution in [2.75, 3.05) is 38.2 Å². The van der Waals surface area contributed by atoms with Crippen LogP contribution >= 0.6 is 0 Å². The van der Waals surface area contributed by atoms with E-state index in [-0.39, 0.29) is 5.91 Å². The van der Waals surface area contributed by atoms with Crippen molar-refractivity contribution in [2.45, 2.75) is 0 Å². The molecule has 144 valence electrons. The lowest BCUT2D eigenvalue weighted by atomic mass is 10.1. The molecule has 8 heteroatoms. The first-order valence-electron chi connectivity index (χ1n) is 9.00. The highest BCUT2D eigenvalue weighted by Crippen LogP contribution is 2.22. The van der Waals surface area contributed by atoms with Gasteiger partial charge >= 0.3 is 11.1 Å². The van der Waals surface area contributed by atoms with Gasteiger partial charge in [0, 0.05) is 43.5 Å². The van der Waals surface area contributed by atoms with Gasteiger partial charge in [-0.2, -0.15) is 0 Å². The minimum Gasteiger partial charge on any atom is -0.497 e. The standard InChI is InChI=1S/C20H20N4O4/c1-28-15-4-2-3-14(12-15)23-7-9-24(10-8-23)20(27)13-5-6-16-17(11-13)22-19(26)18(25)21-16/h2-6,11-12H,7-10H2,1H3,(H,21,25)(H,22,26). The highest BCUT2D eigenvalue weighted by atomic mass is 16.5. The number of ether oxygens (including phenoxy) is 1. The molecule has 3 aromatic rings. The van der Waals surface area contributed by atoms with Gasteiger partial charge in [-0.05, 0) is 30.3 Å². The number of benzene rings is 2. The van der Waals surface area contributed by atoms with Gasteiger partial charge in [0.2, 0.25) is 0 Å². The zero-order valence-electron chi connectivity index (χ0n) is 15.4. The first kappa shape index (κ1) is 17.8. The van der Waals surface area contributed by atoms with E-state index in [0.29, 0.717) is 29.7 Å². The molecule has 1 aromatic heterocycles. The lowest BCUT2D eigenvalue weighted by Gasteiger charge is -2.36. The number of amides is 1. The fourth-order valence-electron chi connectivity index (χ4n) is 3.41. The Morgan fingerprint density at radius 3 is 2.36 bits per heavy atom. The molecular weight excluding hydrogens is 360 g/mol. The number of methoxy groups -OCH3 is 1. The van der Waals surface area contributed by atoms with Crippen LogP contribution < -0.4 is 20.8 Å². The molecule has 0 spiro atoms. The summed E-state index contributed by atoms with van der Waals surface area (Å²) in [5, 5.41) is 0. The third kappa shape index (κ3) is 3.36. The van der Waals surface area contributed by atoms with Gasteiger partial charge in [-0.25, -0.2) is 0 Å². The Hall–Kier alpha value is -3.55. The Balaban J connectivity index is 1.49. The van der Waals surface area contributed by atoms with Crippen LogP contribution in [0.15, 0.2) is 52.1 Å². The van der Waals surface area contributed by atoms with E-state index in [1.807, 2.05) is 24.3 Å². The van der Waals surface area contributed by atoms with Gasteiger partial charge in [0.25, 0.3) is 5.91 Å². The molecular formula is C20H20N4O4. The molecule has 0 atom stereocenters. The molecule has 2 aromatic carbocycles. The zero-order valence-corrected chi connectivity index (χ0v) is 15.4. The summed E-state index contributed by atoms with van der Waals surface area (Å²) in [7, 11) is 1.64. The molecule has 1 fully saturated rings. The monoisotopic (exact) mass is 380 g/mol. The number of hydrogen-bond acceptors (Lipinski definition) is 5. The largest absolute Gasteiger partial charge is 0.497 e. The van der Waals surface area contributed by atoms with Crippen LogP contribution in [0.2, 0.25) is 0 Å². The molecule has 1 saturated heterocycles. The molecule has 0 saturated carbocycles. The molecule has 1 aliphatic heterocycles. The van der Waals surface area contributed by atoms with E-state index in [9.17, 15) is 14.4 Å². The molecule has 1 aliphatic rings. The fourth-order valence-corrected chi connectivity index (χ4v) is 3.41. The van der Waals surface area contributed by atoms with E-state index in [2.05, 4.69) is 14.9 Å². The first-order valence-corrected chi connectivity index (χ1v) is 9.00. The number of aromatic nitrogens is 2. The number of rotatable bonds is 3. The van der Waals surface area contributed by atoms with E-state index in [1.54, 1.807) is 30.2 Å². The van der Waals surface area contributed by atoms with Crippen molar-refractivity contribution < 1.29 is 9.53 Å². The number of hydrogen-bond donors (Lipinski definition) is 2. The number of aromatic amines is 2. The van der Waals surface area contributed by atoms with Crippen LogP contribution in [0.5, 0.6) is 5.75 Å². The van der Waals surface area contributed by atoms with Crippen LogP contribution in [0.3, 0.4) is 0 Å². The van der Waals surface area contributed by atoms with Crippen LogP contribution in [0.25, 0.3) is 11.0 Å². The average Bonchev–Trinajstić information content (AvgIpc) is 2.74. The molecule has 2 heterocycles. The van der Waals surface area contributed by atoms with Gasteiger partial charge in [-0.15, -0.1) is 0 Å². The summed E-state index contributed by atoms with van der Waals surface area (Å²) in [5.41, 5.74) is 1.03. The van der Waals surface area contributed by atoms with E-state index < -0.39 is 11.1 Å². The van der Waals surface area contributed by atoms with Gasteiger partial charge in [-0.1, -0.05) is 6.07 Å². The summed E-state index contributed by atoms with van der Waals surface area (Å²) in [6, 6.07) is 12.8. The lowest BCUT2D eigenvalue weighted by molar-refractivity contribution is 0.0747. The Kier molecular flexibility index (Phi) is 4.60. The third-order valence-electron chi connectivity index (χ3n) is 4.95.